The van der Waals surface area contributed by atoms with E-state index < -0.39 is 10.1 Å². The minimum absolute atomic E-state index is 0.00108. The largest absolute Gasteiger partial charge is 0.493 e. The minimum Gasteiger partial charge on any atom is -0.493 e. The molecule has 1 N–H and O–H groups in total. The number of hydrazone groups is 1. The molecule has 34 heavy (non-hydrogen) atoms. The van der Waals surface area contributed by atoms with Crippen molar-refractivity contribution in [2.75, 3.05) is 7.11 Å². The molecule has 0 aliphatic carbocycles. The van der Waals surface area contributed by atoms with Gasteiger partial charge in [-0.1, -0.05) is 60.1 Å². The Bertz CT molecular complexity index is 1490. The van der Waals surface area contributed by atoms with Gasteiger partial charge in [0.1, 0.15) is 4.90 Å². The molecule has 0 radical (unpaired) electrons. The number of rotatable bonds is 7. The maximum atomic E-state index is 12.6. The number of fused-ring (bicyclic) bond motifs is 1. The van der Waals surface area contributed by atoms with E-state index in [1.807, 2.05) is 30.3 Å². The summed E-state index contributed by atoms with van der Waals surface area (Å²) in [4.78, 5) is 12.4. The zero-order valence-corrected chi connectivity index (χ0v) is 19.5. The fourth-order valence-electron chi connectivity index (χ4n) is 3.20. The summed E-state index contributed by atoms with van der Waals surface area (Å²) >= 11 is 6.28. The maximum Gasteiger partial charge on any atom is 0.339 e. The zero-order chi connectivity index (χ0) is 24.1. The molecule has 0 saturated heterocycles. The average molecular weight is 495 g/mol. The molecule has 4 aromatic rings. The van der Waals surface area contributed by atoms with Gasteiger partial charge in [-0.25, -0.2) is 5.43 Å². The molecule has 0 unspecified atom stereocenters. The third-order valence-corrected chi connectivity index (χ3v) is 6.38. The number of benzene rings is 4. The number of methoxy groups -OCH3 is 1. The van der Waals surface area contributed by atoms with E-state index in [0.717, 1.165) is 10.8 Å². The first-order valence-corrected chi connectivity index (χ1v) is 11.9. The molecule has 0 saturated carbocycles. The number of carbonyl (C=O) groups excluding carboxylic acids is 1. The standard InChI is InChI=1S/C25H19ClN2O5S/c1-32-23-14-17(13-22(26)24(23)33-34(30,31)21-9-3-2-4-10-21)16-27-28-25(29)20-12-11-18-7-5-6-8-19(18)15-20/h2-16H,1H3,(H,28,29)/b27-16-. The van der Waals surface area contributed by atoms with Gasteiger partial charge in [-0.2, -0.15) is 13.5 Å². The highest BCUT2D eigenvalue weighted by Crippen LogP contribution is 2.38. The van der Waals surface area contributed by atoms with E-state index >= 15 is 0 Å². The molecule has 172 valence electrons. The number of hydrogen-bond acceptors (Lipinski definition) is 6. The van der Waals surface area contributed by atoms with Gasteiger partial charge in [0.25, 0.3) is 5.91 Å². The normalized spacial score (nSPS) is 11.5. The molecule has 4 rings (SSSR count). The molecule has 9 heteroatoms. The number of hydrogen-bond donors (Lipinski definition) is 1. The number of ether oxygens (including phenoxy) is 1. The molecule has 0 aromatic heterocycles. The van der Waals surface area contributed by atoms with Gasteiger partial charge in [0, 0.05) is 5.56 Å². The van der Waals surface area contributed by atoms with Crippen LogP contribution in [0, 0.1) is 0 Å². The summed E-state index contributed by atoms with van der Waals surface area (Å²) in [5.74, 6) is -0.436. The molecule has 0 fully saturated rings. The summed E-state index contributed by atoms with van der Waals surface area (Å²) in [7, 11) is -2.75. The van der Waals surface area contributed by atoms with Crippen LogP contribution in [-0.4, -0.2) is 27.6 Å². The first-order valence-electron chi connectivity index (χ1n) is 10.1. The third-order valence-electron chi connectivity index (χ3n) is 4.87. The molecular weight excluding hydrogens is 476 g/mol. The summed E-state index contributed by atoms with van der Waals surface area (Å²) < 4.78 is 35.6. The van der Waals surface area contributed by atoms with Crippen LogP contribution in [0.1, 0.15) is 15.9 Å². The topological polar surface area (TPSA) is 94.1 Å². The quantitative estimate of drug-likeness (QED) is 0.221. The fourth-order valence-corrected chi connectivity index (χ4v) is 4.48. The molecular formula is C25H19ClN2O5S. The molecule has 0 aliphatic rings. The van der Waals surface area contributed by atoms with Crippen molar-refractivity contribution in [3.8, 4) is 11.5 Å². The number of halogens is 1. The summed E-state index contributed by atoms with van der Waals surface area (Å²) in [6, 6.07) is 23.7. The number of carbonyl (C=O) groups is 1. The van der Waals surface area contributed by atoms with Gasteiger partial charge in [-0.05, 0) is 52.7 Å². The first kappa shape index (κ1) is 23.3. The van der Waals surface area contributed by atoms with E-state index in [-0.39, 0.29) is 27.3 Å². The first-order chi connectivity index (χ1) is 16.4. The molecule has 1 amide bonds. The van der Waals surface area contributed by atoms with Gasteiger partial charge >= 0.3 is 10.1 Å². The summed E-state index contributed by atoms with van der Waals surface area (Å²) in [5, 5.41) is 5.94. The third kappa shape index (κ3) is 5.19. The Labute approximate surface area is 201 Å². The van der Waals surface area contributed by atoms with Crippen LogP contribution < -0.4 is 14.3 Å². The van der Waals surface area contributed by atoms with Crippen molar-refractivity contribution in [3.05, 3.63) is 101 Å². The van der Waals surface area contributed by atoms with E-state index in [4.69, 9.17) is 20.5 Å². The zero-order valence-electron chi connectivity index (χ0n) is 17.9. The van der Waals surface area contributed by atoms with E-state index in [1.165, 1.54) is 37.6 Å². The van der Waals surface area contributed by atoms with Crippen molar-refractivity contribution in [2.45, 2.75) is 4.90 Å². The van der Waals surface area contributed by atoms with Crippen LogP contribution >= 0.6 is 11.6 Å². The van der Waals surface area contributed by atoms with Gasteiger partial charge < -0.3 is 8.92 Å². The van der Waals surface area contributed by atoms with Gasteiger partial charge in [0.05, 0.1) is 18.3 Å². The Hall–Kier alpha value is -3.88. The molecule has 4 aromatic carbocycles. The van der Waals surface area contributed by atoms with E-state index in [2.05, 4.69) is 10.5 Å². The van der Waals surface area contributed by atoms with Crippen LogP contribution in [0.3, 0.4) is 0 Å². The van der Waals surface area contributed by atoms with E-state index in [9.17, 15) is 13.2 Å². The monoisotopic (exact) mass is 494 g/mol. The molecule has 7 nitrogen and oxygen atoms in total. The second-order valence-electron chi connectivity index (χ2n) is 7.15. The van der Waals surface area contributed by atoms with Gasteiger partial charge in [0.15, 0.2) is 5.75 Å². The second-order valence-corrected chi connectivity index (χ2v) is 9.10. The van der Waals surface area contributed by atoms with Crippen LogP contribution in [0.25, 0.3) is 10.8 Å². The summed E-state index contributed by atoms with van der Waals surface area (Å²) in [6.45, 7) is 0. The van der Waals surface area contributed by atoms with Gasteiger partial charge in [0.2, 0.25) is 5.75 Å². The molecule has 0 heterocycles. The molecule has 0 aliphatic heterocycles. The average Bonchev–Trinajstić information content (AvgIpc) is 2.85. The molecule has 0 spiro atoms. The predicted octanol–water partition coefficient (Wildman–Crippen LogP) is 5.03. The number of nitrogens with zero attached hydrogens (tertiary/aromatic N) is 1. The van der Waals surface area contributed by atoms with Crippen LogP contribution in [0.4, 0.5) is 0 Å². The predicted molar refractivity (Wildman–Crippen MR) is 131 cm³/mol. The Morgan fingerprint density at radius 2 is 1.65 bits per heavy atom. The highest BCUT2D eigenvalue weighted by atomic mass is 35.5. The Morgan fingerprint density at radius 1 is 0.941 bits per heavy atom. The fraction of sp³-hybridized carbons (Fsp3) is 0.0400. The Kier molecular flexibility index (Phi) is 6.81. The van der Waals surface area contributed by atoms with Gasteiger partial charge in [-0.15, -0.1) is 0 Å². The van der Waals surface area contributed by atoms with Crippen molar-refractivity contribution < 1.29 is 22.1 Å². The lowest BCUT2D eigenvalue weighted by molar-refractivity contribution is 0.0955. The van der Waals surface area contributed by atoms with Crippen molar-refractivity contribution >= 4 is 44.6 Å². The second kappa shape index (κ2) is 9.94. The van der Waals surface area contributed by atoms with Crippen molar-refractivity contribution in [1.29, 1.82) is 0 Å². The highest BCUT2D eigenvalue weighted by molar-refractivity contribution is 7.87. The van der Waals surface area contributed by atoms with Crippen LogP contribution in [0.15, 0.2) is 94.9 Å². The lowest BCUT2D eigenvalue weighted by Crippen LogP contribution is -2.17. The lowest BCUT2D eigenvalue weighted by atomic mass is 10.1. The van der Waals surface area contributed by atoms with Crippen LogP contribution in [-0.2, 0) is 10.1 Å². The maximum absolute atomic E-state index is 12.6. The van der Waals surface area contributed by atoms with Crippen LogP contribution in [0.5, 0.6) is 11.5 Å². The molecule has 0 bridgehead atoms. The van der Waals surface area contributed by atoms with Gasteiger partial charge in [-0.3, -0.25) is 4.79 Å². The van der Waals surface area contributed by atoms with Crippen molar-refractivity contribution in [3.63, 3.8) is 0 Å². The number of nitrogens with one attached hydrogen (secondary N) is 1. The minimum atomic E-state index is -4.11. The summed E-state index contributed by atoms with van der Waals surface area (Å²) in [6.07, 6.45) is 1.36. The summed E-state index contributed by atoms with van der Waals surface area (Å²) in [5.41, 5.74) is 3.39. The van der Waals surface area contributed by atoms with Crippen molar-refractivity contribution in [1.82, 2.24) is 5.43 Å². The van der Waals surface area contributed by atoms with E-state index in [0.29, 0.717) is 11.1 Å². The Balaban J connectivity index is 1.51. The highest BCUT2D eigenvalue weighted by Gasteiger charge is 2.22. The van der Waals surface area contributed by atoms with Crippen molar-refractivity contribution in [2.24, 2.45) is 5.10 Å². The Morgan fingerprint density at radius 3 is 2.38 bits per heavy atom. The lowest BCUT2D eigenvalue weighted by Gasteiger charge is -2.13. The van der Waals surface area contributed by atoms with Crippen LogP contribution in [0.2, 0.25) is 5.02 Å². The number of amides is 1. The smallest absolute Gasteiger partial charge is 0.339 e. The molecule has 0 atom stereocenters. The SMILES string of the molecule is COc1cc(/C=N\NC(=O)c2ccc3ccccc3c2)cc(Cl)c1OS(=O)(=O)c1ccccc1. The van der Waals surface area contributed by atoms with E-state index in [1.54, 1.807) is 30.3 Å².